The smallest absolute Gasteiger partial charge is 0.239 e. The lowest BCUT2D eigenvalue weighted by Crippen LogP contribution is -2.48. The fraction of sp³-hybridized carbons (Fsp3) is 0.579. The Balaban J connectivity index is 0.00000625. The summed E-state index contributed by atoms with van der Waals surface area (Å²) in [5.74, 6) is 0.552. The Morgan fingerprint density at radius 1 is 1.19 bits per heavy atom. The van der Waals surface area contributed by atoms with Gasteiger partial charge >= 0.3 is 0 Å². The predicted molar refractivity (Wildman–Crippen MR) is 118 cm³/mol. The molecule has 0 saturated heterocycles. The van der Waals surface area contributed by atoms with Gasteiger partial charge in [-0.15, -0.1) is 24.0 Å². The highest BCUT2D eigenvalue weighted by atomic mass is 127. The quantitative estimate of drug-likeness (QED) is 0.234. The van der Waals surface area contributed by atoms with E-state index < -0.39 is 0 Å². The maximum atomic E-state index is 11.8. The Morgan fingerprint density at radius 2 is 1.85 bits per heavy atom. The van der Waals surface area contributed by atoms with E-state index in [1.54, 1.807) is 7.05 Å². The van der Waals surface area contributed by atoms with Gasteiger partial charge in [0.25, 0.3) is 0 Å². The van der Waals surface area contributed by atoms with Crippen molar-refractivity contribution in [2.75, 3.05) is 26.7 Å². The van der Waals surface area contributed by atoms with Crippen LogP contribution in [-0.4, -0.2) is 44.1 Å². The molecule has 7 heteroatoms. The summed E-state index contributed by atoms with van der Waals surface area (Å²) in [6, 6.07) is 10.2. The first-order chi connectivity index (χ1) is 11.8. The van der Waals surface area contributed by atoms with Gasteiger partial charge in [0.15, 0.2) is 5.96 Å². The molecule has 148 valence electrons. The van der Waals surface area contributed by atoms with Crippen LogP contribution in [0.25, 0.3) is 0 Å². The Bertz CT molecular complexity index is 544. The molecule has 0 spiro atoms. The van der Waals surface area contributed by atoms with Crippen molar-refractivity contribution in [2.24, 2.45) is 4.99 Å². The molecule has 1 rings (SSSR count). The number of carbonyl (C=O) groups excluding carboxylic acids is 1. The summed E-state index contributed by atoms with van der Waals surface area (Å²) < 4.78 is 5.83. The molecule has 0 aliphatic heterocycles. The Hall–Kier alpha value is -1.35. The van der Waals surface area contributed by atoms with Gasteiger partial charge < -0.3 is 20.7 Å². The van der Waals surface area contributed by atoms with E-state index in [4.69, 9.17) is 4.74 Å². The summed E-state index contributed by atoms with van der Waals surface area (Å²) in [6.45, 7) is 9.49. The molecule has 0 aliphatic carbocycles. The summed E-state index contributed by atoms with van der Waals surface area (Å²) in [7, 11) is 1.69. The van der Waals surface area contributed by atoms with E-state index in [-0.39, 0.29) is 48.1 Å². The van der Waals surface area contributed by atoms with Crippen LogP contribution in [0.3, 0.4) is 0 Å². The molecule has 0 aromatic heterocycles. The first-order valence-corrected chi connectivity index (χ1v) is 8.74. The van der Waals surface area contributed by atoms with E-state index in [9.17, 15) is 4.79 Å². The number of nitrogens with one attached hydrogen (secondary N) is 3. The average Bonchev–Trinajstić information content (AvgIpc) is 2.56. The van der Waals surface area contributed by atoms with Crippen molar-refractivity contribution < 1.29 is 9.53 Å². The largest absolute Gasteiger partial charge is 0.374 e. The van der Waals surface area contributed by atoms with Crippen LogP contribution in [-0.2, 0) is 9.53 Å². The van der Waals surface area contributed by atoms with E-state index in [2.05, 4.69) is 40.0 Å². The lowest BCUT2D eigenvalue weighted by Gasteiger charge is -2.21. The maximum absolute atomic E-state index is 11.8. The van der Waals surface area contributed by atoms with E-state index in [0.29, 0.717) is 12.6 Å². The summed E-state index contributed by atoms with van der Waals surface area (Å²) in [6.07, 6.45) is 0.936. The van der Waals surface area contributed by atoms with Gasteiger partial charge in [-0.25, -0.2) is 0 Å². The lowest BCUT2D eigenvalue weighted by atomic mass is 10.1. The number of rotatable bonds is 8. The summed E-state index contributed by atoms with van der Waals surface area (Å²) >= 11 is 0. The van der Waals surface area contributed by atoms with Gasteiger partial charge in [-0.05, 0) is 39.7 Å². The normalized spacial score (nSPS) is 12.7. The lowest BCUT2D eigenvalue weighted by molar-refractivity contribution is -0.121. The maximum Gasteiger partial charge on any atom is 0.239 e. The zero-order valence-electron chi connectivity index (χ0n) is 16.5. The molecule has 1 amide bonds. The zero-order chi connectivity index (χ0) is 18.7. The number of benzene rings is 1. The number of hydrogen-bond donors (Lipinski definition) is 3. The van der Waals surface area contributed by atoms with Crippen LogP contribution in [0.15, 0.2) is 35.3 Å². The molecular weight excluding hydrogens is 443 g/mol. The molecule has 6 nitrogen and oxygen atoms in total. The number of aliphatic imine (C=N–C) groups is 1. The fourth-order valence-electron chi connectivity index (χ4n) is 2.21. The first-order valence-electron chi connectivity index (χ1n) is 8.74. The Morgan fingerprint density at radius 3 is 2.42 bits per heavy atom. The minimum atomic E-state index is -0.234. The monoisotopic (exact) mass is 476 g/mol. The highest BCUT2D eigenvalue weighted by molar-refractivity contribution is 14.0. The van der Waals surface area contributed by atoms with Crippen LogP contribution >= 0.6 is 24.0 Å². The summed E-state index contributed by atoms with van der Waals surface area (Å²) in [5.41, 5.74) is 0.945. The van der Waals surface area contributed by atoms with Gasteiger partial charge in [0, 0.05) is 25.7 Å². The van der Waals surface area contributed by atoms with Crippen LogP contribution < -0.4 is 16.0 Å². The van der Waals surface area contributed by atoms with Crippen molar-refractivity contribution in [1.82, 2.24) is 16.0 Å². The number of ether oxygens (including phenoxy) is 1. The van der Waals surface area contributed by atoms with Gasteiger partial charge in [-0.3, -0.25) is 9.79 Å². The second-order valence-corrected chi connectivity index (χ2v) is 6.93. The van der Waals surface area contributed by atoms with Crippen molar-refractivity contribution in [1.29, 1.82) is 0 Å². The number of guanidine groups is 1. The van der Waals surface area contributed by atoms with E-state index in [1.165, 1.54) is 5.56 Å². The van der Waals surface area contributed by atoms with Crippen molar-refractivity contribution in [3.05, 3.63) is 35.9 Å². The standard InChI is InChI=1S/C19H32N4O2.HI/c1-15(16-10-7-6-8-11-16)25-13-9-12-21-18(20-5)22-14-17(24)23-19(2,3)4;/h6-8,10-11,15H,9,12-14H2,1-5H3,(H,23,24)(H2,20,21,22);1H. The molecule has 1 unspecified atom stereocenters. The number of hydrogen-bond acceptors (Lipinski definition) is 3. The highest BCUT2D eigenvalue weighted by Crippen LogP contribution is 2.15. The third kappa shape index (κ3) is 11.3. The van der Waals surface area contributed by atoms with Gasteiger partial charge in [0.05, 0.1) is 12.6 Å². The van der Waals surface area contributed by atoms with Gasteiger partial charge in [-0.1, -0.05) is 30.3 Å². The zero-order valence-corrected chi connectivity index (χ0v) is 18.8. The summed E-state index contributed by atoms with van der Waals surface area (Å²) in [5, 5.41) is 9.08. The molecule has 0 fully saturated rings. The molecular formula is C19H33IN4O2. The van der Waals surface area contributed by atoms with Crippen LogP contribution in [0.4, 0.5) is 0 Å². The molecule has 1 aromatic carbocycles. The summed E-state index contributed by atoms with van der Waals surface area (Å²) in [4.78, 5) is 15.9. The topological polar surface area (TPSA) is 74.8 Å². The SMILES string of the molecule is CN=C(NCCCOC(C)c1ccccc1)NCC(=O)NC(C)(C)C.I. The van der Waals surface area contributed by atoms with Crippen molar-refractivity contribution in [2.45, 2.75) is 45.8 Å². The number of carbonyl (C=O) groups is 1. The van der Waals surface area contributed by atoms with Crippen molar-refractivity contribution in [3.63, 3.8) is 0 Å². The number of halogens is 1. The molecule has 0 heterocycles. The van der Waals surface area contributed by atoms with Crippen LogP contribution in [0, 0.1) is 0 Å². The third-order valence-corrected chi connectivity index (χ3v) is 3.40. The average molecular weight is 476 g/mol. The van der Waals surface area contributed by atoms with E-state index in [1.807, 2.05) is 39.0 Å². The van der Waals surface area contributed by atoms with Crippen LogP contribution in [0.2, 0.25) is 0 Å². The fourth-order valence-corrected chi connectivity index (χ4v) is 2.21. The predicted octanol–water partition coefficient (Wildman–Crippen LogP) is 2.85. The second kappa shape index (κ2) is 12.9. The van der Waals surface area contributed by atoms with E-state index >= 15 is 0 Å². The third-order valence-electron chi connectivity index (χ3n) is 3.40. The highest BCUT2D eigenvalue weighted by Gasteiger charge is 2.13. The molecule has 3 N–H and O–H groups in total. The first kappa shape index (κ1) is 24.7. The van der Waals surface area contributed by atoms with E-state index in [0.717, 1.165) is 13.0 Å². The number of amides is 1. The van der Waals surface area contributed by atoms with Crippen molar-refractivity contribution in [3.8, 4) is 0 Å². The molecule has 1 aromatic rings. The van der Waals surface area contributed by atoms with Gasteiger partial charge in [-0.2, -0.15) is 0 Å². The number of nitrogens with zero attached hydrogens (tertiary/aromatic N) is 1. The minimum Gasteiger partial charge on any atom is -0.374 e. The Kier molecular flexibility index (Phi) is 12.2. The van der Waals surface area contributed by atoms with Crippen LogP contribution in [0.5, 0.6) is 0 Å². The molecule has 0 saturated carbocycles. The minimum absolute atomic E-state index is 0. The Labute approximate surface area is 174 Å². The molecule has 0 aliphatic rings. The second-order valence-electron chi connectivity index (χ2n) is 6.93. The molecule has 1 atom stereocenters. The van der Waals surface area contributed by atoms with Gasteiger partial charge in [0.1, 0.15) is 0 Å². The molecule has 0 bridgehead atoms. The van der Waals surface area contributed by atoms with Gasteiger partial charge in [0.2, 0.25) is 5.91 Å². The molecule has 0 radical (unpaired) electrons. The van der Waals surface area contributed by atoms with Crippen molar-refractivity contribution >= 4 is 35.8 Å². The van der Waals surface area contributed by atoms with Crippen LogP contribution in [0.1, 0.15) is 45.8 Å². The molecule has 26 heavy (non-hydrogen) atoms.